The maximum absolute atomic E-state index is 10.2. The Morgan fingerprint density at radius 3 is 2.31 bits per heavy atom. The molecule has 0 saturated heterocycles. The average Bonchev–Trinajstić information content (AvgIpc) is 2.32. The molecule has 0 heterocycles. The van der Waals surface area contributed by atoms with Gasteiger partial charge in [-0.15, -0.1) is 0 Å². The molecule has 2 rings (SSSR count). The summed E-state index contributed by atoms with van der Waals surface area (Å²) in [6.07, 6.45) is -0.604. The van der Waals surface area contributed by atoms with Crippen LogP contribution in [0.15, 0.2) is 57.5 Å². The third-order valence-electron chi connectivity index (χ3n) is 2.37. The van der Waals surface area contributed by atoms with Gasteiger partial charge < -0.3 is 5.11 Å². The van der Waals surface area contributed by atoms with Crippen LogP contribution in [-0.2, 0) is 0 Å². The summed E-state index contributed by atoms with van der Waals surface area (Å²) in [5.74, 6) is 0. The SMILES string of the molecule is OC(c1ccccc1)c1cc(Br)ccc1Br. The van der Waals surface area contributed by atoms with E-state index in [0.29, 0.717) is 0 Å². The molecular formula is C13H10Br2O. The Labute approximate surface area is 111 Å². The van der Waals surface area contributed by atoms with Gasteiger partial charge in [0.05, 0.1) is 0 Å². The fraction of sp³-hybridized carbons (Fsp3) is 0.0769. The fourth-order valence-corrected chi connectivity index (χ4v) is 2.38. The lowest BCUT2D eigenvalue weighted by Gasteiger charge is -2.13. The van der Waals surface area contributed by atoms with E-state index >= 15 is 0 Å². The van der Waals surface area contributed by atoms with Crippen LogP contribution in [0.4, 0.5) is 0 Å². The fourth-order valence-electron chi connectivity index (χ4n) is 1.54. The predicted molar refractivity (Wildman–Crippen MR) is 72.3 cm³/mol. The van der Waals surface area contributed by atoms with Crippen molar-refractivity contribution in [2.45, 2.75) is 6.10 Å². The van der Waals surface area contributed by atoms with Crippen LogP contribution in [0.5, 0.6) is 0 Å². The third kappa shape index (κ3) is 2.54. The van der Waals surface area contributed by atoms with Gasteiger partial charge in [-0.2, -0.15) is 0 Å². The molecule has 0 fully saturated rings. The first-order chi connectivity index (χ1) is 7.68. The van der Waals surface area contributed by atoms with Crippen LogP contribution in [0, 0.1) is 0 Å². The molecule has 2 aromatic carbocycles. The van der Waals surface area contributed by atoms with Crippen molar-refractivity contribution in [2.24, 2.45) is 0 Å². The van der Waals surface area contributed by atoms with E-state index in [2.05, 4.69) is 31.9 Å². The summed E-state index contributed by atoms with van der Waals surface area (Å²) in [6, 6.07) is 15.4. The maximum atomic E-state index is 10.2. The van der Waals surface area contributed by atoms with E-state index in [1.54, 1.807) is 0 Å². The highest BCUT2D eigenvalue weighted by Gasteiger charge is 2.13. The van der Waals surface area contributed by atoms with Crippen molar-refractivity contribution in [3.05, 3.63) is 68.6 Å². The number of rotatable bonds is 2. The first-order valence-corrected chi connectivity index (χ1v) is 6.45. The monoisotopic (exact) mass is 340 g/mol. The quantitative estimate of drug-likeness (QED) is 0.863. The molecule has 2 aromatic rings. The van der Waals surface area contributed by atoms with Gasteiger partial charge in [-0.1, -0.05) is 62.2 Å². The number of benzene rings is 2. The van der Waals surface area contributed by atoms with Gasteiger partial charge in [0.1, 0.15) is 6.10 Å². The van der Waals surface area contributed by atoms with E-state index in [0.717, 1.165) is 20.1 Å². The van der Waals surface area contributed by atoms with Gasteiger partial charge in [0.15, 0.2) is 0 Å². The van der Waals surface area contributed by atoms with Crippen molar-refractivity contribution in [2.75, 3.05) is 0 Å². The van der Waals surface area contributed by atoms with Crippen molar-refractivity contribution in [1.29, 1.82) is 0 Å². The highest BCUT2D eigenvalue weighted by Crippen LogP contribution is 2.30. The molecule has 82 valence electrons. The third-order valence-corrected chi connectivity index (χ3v) is 3.58. The van der Waals surface area contributed by atoms with Crippen molar-refractivity contribution < 1.29 is 5.11 Å². The summed E-state index contributed by atoms with van der Waals surface area (Å²) in [4.78, 5) is 0. The zero-order valence-electron chi connectivity index (χ0n) is 8.40. The molecule has 0 aromatic heterocycles. The van der Waals surface area contributed by atoms with Gasteiger partial charge >= 0.3 is 0 Å². The Morgan fingerprint density at radius 1 is 0.938 bits per heavy atom. The van der Waals surface area contributed by atoms with Crippen LogP contribution in [-0.4, -0.2) is 5.11 Å². The smallest absolute Gasteiger partial charge is 0.105 e. The van der Waals surface area contributed by atoms with Crippen molar-refractivity contribution >= 4 is 31.9 Å². The Kier molecular flexibility index (Phi) is 3.79. The normalized spacial score (nSPS) is 12.4. The van der Waals surface area contributed by atoms with Gasteiger partial charge in [0.2, 0.25) is 0 Å². The first-order valence-electron chi connectivity index (χ1n) is 4.86. The molecule has 0 amide bonds. The second-order valence-corrected chi connectivity index (χ2v) is 5.25. The number of aliphatic hydroxyl groups is 1. The summed E-state index contributed by atoms with van der Waals surface area (Å²) < 4.78 is 1.87. The Hall–Kier alpha value is -0.640. The van der Waals surface area contributed by atoms with Gasteiger partial charge in [0, 0.05) is 14.5 Å². The molecule has 1 atom stereocenters. The van der Waals surface area contributed by atoms with Crippen molar-refractivity contribution in [3.63, 3.8) is 0 Å². The topological polar surface area (TPSA) is 20.2 Å². The maximum Gasteiger partial charge on any atom is 0.105 e. The zero-order valence-corrected chi connectivity index (χ0v) is 11.6. The Balaban J connectivity index is 2.41. The van der Waals surface area contributed by atoms with E-state index in [1.165, 1.54) is 0 Å². The van der Waals surface area contributed by atoms with Gasteiger partial charge in [0.25, 0.3) is 0 Å². The van der Waals surface area contributed by atoms with E-state index in [9.17, 15) is 5.11 Å². The summed E-state index contributed by atoms with van der Waals surface area (Å²) >= 11 is 6.85. The van der Waals surface area contributed by atoms with Crippen LogP contribution >= 0.6 is 31.9 Å². The van der Waals surface area contributed by atoms with E-state index in [1.807, 2.05) is 48.5 Å². The van der Waals surface area contributed by atoms with Crippen LogP contribution in [0.2, 0.25) is 0 Å². The molecule has 0 saturated carbocycles. The molecule has 1 nitrogen and oxygen atoms in total. The summed E-state index contributed by atoms with van der Waals surface area (Å²) in [5, 5.41) is 10.2. The predicted octanol–water partition coefficient (Wildman–Crippen LogP) is 4.29. The first kappa shape index (κ1) is 11.8. The van der Waals surface area contributed by atoms with E-state index in [-0.39, 0.29) is 0 Å². The molecular weight excluding hydrogens is 332 g/mol. The lowest BCUT2D eigenvalue weighted by molar-refractivity contribution is 0.219. The van der Waals surface area contributed by atoms with Crippen molar-refractivity contribution in [3.8, 4) is 0 Å². The van der Waals surface area contributed by atoms with Crippen LogP contribution in [0.3, 0.4) is 0 Å². The molecule has 0 aliphatic heterocycles. The average molecular weight is 342 g/mol. The largest absolute Gasteiger partial charge is 0.384 e. The highest BCUT2D eigenvalue weighted by atomic mass is 79.9. The Bertz CT molecular complexity index is 483. The molecule has 1 N–H and O–H groups in total. The minimum Gasteiger partial charge on any atom is -0.384 e. The molecule has 0 aliphatic rings. The number of halogens is 2. The zero-order chi connectivity index (χ0) is 11.5. The second kappa shape index (κ2) is 5.13. The number of hydrogen-bond acceptors (Lipinski definition) is 1. The molecule has 0 radical (unpaired) electrons. The lowest BCUT2D eigenvalue weighted by atomic mass is 10.0. The van der Waals surface area contributed by atoms with Gasteiger partial charge in [-0.3, -0.25) is 0 Å². The highest BCUT2D eigenvalue weighted by molar-refractivity contribution is 9.11. The Morgan fingerprint density at radius 2 is 1.62 bits per heavy atom. The van der Waals surface area contributed by atoms with Crippen LogP contribution in [0.1, 0.15) is 17.2 Å². The summed E-state index contributed by atoms with van der Waals surface area (Å²) in [5.41, 5.74) is 1.75. The number of aliphatic hydroxyl groups excluding tert-OH is 1. The van der Waals surface area contributed by atoms with Gasteiger partial charge in [-0.05, 0) is 23.8 Å². The lowest BCUT2D eigenvalue weighted by Crippen LogP contribution is -2.00. The second-order valence-electron chi connectivity index (χ2n) is 3.48. The minimum absolute atomic E-state index is 0.604. The van der Waals surface area contributed by atoms with E-state index in [4.69, 9.17) is 0 Å². The number of hydrogen-bond donors (Lipinski definition) is 1. The van der Waals surface area contributed by atoms with Crippen LogP contribution < -0.4 is 0 Å². The molecule has 0 bridgehead atoms. The van der Waals surface area contributed by atoms with Crippen LogP contribution in [0.25, 0.3) is 0 Å². The standard InChI is InChI=1S/C13H10Br2O/c14-10-6-7-12(15)11(8-10)13(16)9-4-2-1-3-5-9/h1-8,13,16H. The minimum atomic E-state index is -0.604. The molecule has 1 unspecified atom stereocenters. The molecule has 16 heavy (non-hydrogen) atoms. The molecule has 0 spiro atoms. The van der Waals surface area contributed by atoms with E-state index < -0.39 is 6.10 Å². The van der Waals surface area contributed by atoms with Gasteiger partial charge in [-0.25, -0.2) is 0 Å². The summed E-state index contributed by atoms with van der Waals surface area (Å²) in [7, 11) is 0. The van der Waals surface area contributed by atoms with Crippen molar-refractivity contribution in [1.82, 2.24) is 0 Å². The summed E-state index contributed by atoms with van der Waals surface area (Å²) in [6.45, 7) is 0. The molecule has 3 heteroatoms. The molecule has 0 aliphatic carbocycles.